The largest absolute Gasteiger partial charge is 0.0806 e. The normalized spacial score (nSPS) is 15.6. The third kappa shape index (κ3) is 2.13. The molecule has 2 heteroatoms. The van der Waals surface area contributed by atoms with E-state index in [9.17, 15) is 0 Å². The van der Waals surface area contributed by atoms with Crippen molar-refractivity contribution in [2.24, 2.45) is 0 Å². The lowest BCUT2D eigenvalue weighted by Crippen LogP contribution is -2.20. The van der Waals surface area contributed by atoms with E-state index < -0.39 is 0 Å². The molecule has 0 aromatic heterocycles. The molecule has 0 aliphatic rings. The van der Waals surface area contributed by atoms with Gasteiger partial charge in [-0.3, -0.25) is 0 Å². The van der Waals surface area contributed by atoms with E-state index >= 15 is 0 Å². The average Bonchev–Trinajstić information content (AvgIpc) is 2.05. The van der Waals surface area contributed by atoms with E-state index in [2.05, 4.69) is 41.9 Å². The van der Waals surface area contributed by atoms with Crippen molar-refractivity contribution in [1.29, 1.82) is 0 Å². The van der Waals surface area contributed by atoms with Crippen molar-refractivity contribution in [2.75, 3.05) is 0 Å². The van der Waals surface area contributed by atoms with Crippen LogP contribution < -0.4 is 0 Å². The molecule has 0 aliphatic heterocycles. The van der Waals surface area contributed by atoms with Crippen molar-refractivity contribution in [3.63, 3.8) is 0 Å². The fourth-order valence-corrected chi connectivity index (χ4v) is 1.30. The first-order valence-electron chi connectivity index (χ1n) is 4.11. The van der Waals surface area contributed by atoms with E-state index in [1.807, 2.05) is 12.1 Å². The molecular formula is C10H12BBr. The van der Waals surface area contributed by atoms with Gasteiger partial charge in [-0.2, -0.15) is 0 Å². The van der Waals surface area contributed by atoms with Crippen LogP contribution in [0.5, 0.6) is 0 Å². The molecule has 1 aromatic rings. The Labute approximate surface area is 83.9 Å². The van der Waals surface area contributed by atoms with Crippen LogP contribution in [0.4, 0.5) is 0 Å². The Balaban J connectivity index is 2.96. The fraction of sp³-hybridized carbons (Fsp3) is 0.400. The summed E-state index contributed by atoms with van der Waals surface area (Å²) in [5.41, 5.74) is 1.19. The Morgan fingerprint density at radius 2 is 1.83 bits per heavy atom. The van der Waals surface area contributed by atoms with Crippen molar-refractivity contribution >= 4 is 23.8 Å². The van der Waals surface area contributed by atoms with Crippen LogP contribution in [0.15, 0.2) is 28.7 Å². The summed E-state index contributed by atoms with van der Waals surface area (Å²) in [5.74, 6) is 0. The summed E-state index contributed by atoms with van der Waals surface area (Å²) in [7, 11) is 6.07. The van der Waals surface area contributed by atoms with Gasteiger partial charge in [0.15, 0.2) is 0 Å². The van der Waals surface area contributed by atoms with E-state index in [1.54, 1.807) is 0 Å². The summed E-state index contributed by atoms with van der Waals surface area (Å²) in [5, 5.41) is -0.194. The standard InChI is InChI=1S/C10H12BBr/c1-3-10(2,11)8-4-6-9(12)7-5-8/h4-7H,3H2,1-2H3. The van der Waals surface area contributed by atoms with Gasteiger partial charge in [-0.05, 0) is 17.4 Å². The van der Waals surface area contributed by atoms with Gasteiger partial charge >= 0.3 is 0 Å². The maximum Gasteiger partial charge on any atom is 0.0806 e. The van der Waals surface area contributed by atoms with Crippen molar-refractivity contribution in [2.45, 2.75) is 25.6 Å². The highest BCUT2D eigenvalue weighted by Crippen LogP contribution is 2.24. The van der Waals surface area contributed by atoms with Gasteiger partial charge in [0.1, 0.15) is 0 Å². The highest BCUT2D eigenvalue weighted by atomic mass is 79.9. The summed E-state index contributed by atoms with van der Waals surface area (Å²) in [6, 6.07) is 8.17. The van der Waals surface area contributed by atoms with Crippen LogP contribution in [0.2, 0.25) is 0 Å². The lowest BCUT2D eigenvalue weighted by atomic mass is 9.64. The van der Waals surface area contributed by atoms with Crippen LogP contribution in [0.25, 0.3) is 0 Å². The average molecular weight is 223 g/mol. The Bertz CT molecular complexity index is 251. The first-order chi connectivity index (χ1) is 5.56. The number of hydrogen-bond acceptors (Lipinski definition) is 0. The Morgan fingerprint density at radius 1 is 1.33 bits per heavy atom. The molecule has 12 heavy (non-hydrogen) atoms. The molecule has 0 bridgehead atoms. The lowest BCUT2D eigenvalue weighted by molar-refractivity contribution is 0.649. The maximum absolute atomic E-state index is 6.07. The van der Waals surface area contributed by atoms with Crippen molar-refractivity contribution in [3.05, 3.63) is 34.3 Å². The van der Waals surface area contributed by atoms with Gasteiger partial charge in [-0.15, -0.1) is 0 Å². The SMILES string of the molecule is [B]C(C)(CC)c1ccc(Br)cc1. The van der Waals surface area contributed by atoms with Crippen molar-refractivity contribution in [1.82, 2.24) is 0 Å². The number of rotatable bonds is 2. The summed E-state index contributed by atoms with van der Waals surface area (Å²) >= 11 is 3.39. The predicted octanol–water partition coefficient (Wildman–Crippen LogP) is 3.24. The van der Waals surface area contributed by atoms with Crippen LogP contribution in [-0.4, -0.2) is 7.85 Å². The fourth-order valence-electron chi connectivity index (χ4n) is 1.03. The van der Waals surface area contributed by atoms with Gasteiger partial charge < -0.3 is 0 Å². The van der Waals surface area contributed by atoms with Gasteiger partial charge in [-0.25, -0.2) is 0 Å². The second-order valence-electron chi connectivity index (χ2n) is 3.28. The third-order valence-corrected chi connectivity index (χ3v) is 2.77. The van der Waals surface area contributed by atoms with E-state index in [1.165, 1.54) is 5.56 Å². The first kappa shape index (κ1) is 9.85. The summed E-state index contributed by atoms with van der Waals surface area (Å²) in [6.07, 6.45) is 0.953. The minimum absolute atomic E-state index is 0.194. The molecule has 0 saturated carbocycles. The molecule has 0 nitrogen and oxygen atoms in total. The number of halogens is 1. The predicted molar refractivity (Wildman–Crippen MR) is 57.5 cm³/mol. The zero-order chi connectivity index (χ0) is 9.19. The second-order valence-corrected chi connectivity index (χ2v) is 4.19. The maximum atomic E-state index is 6.07. The van der Waals surface area contributed by atoms with Crippen LogP contribution in [0, 0.1) is 0 Å². The molecule has 62 valence electrons. The molecule has 0 saturated heterocycles. The van der Waals surface area contributed by atoms with Crippen molar-refractivity contribution < 1.29 is 0 Å². The van der Waals surface area contributed by atoms with Gasteiger partial charge in [0.05, 0.1) is 7.85 Å². The molecule has 0 fully saturated rings. The zero-order valence-corrected chi connectivity index (χ0v) is 9.06. The van der Waals surface area contributed by atoms with E-state index in [0.29, 0.717) is 0 Å². The zero-order valence-electron chi connectivity index (χ0n) is 7.47. The molecule has 0 aliphatic carbocycles. The minimum atomic E-state index is -0.194. The van der Waals surface area contributed by atoms with Gasteiger partial charge in [0.25, 0.3) is 0 Å². The van der Waals surface area contributed by atoms with Crippen LogP contribution in [0.1, 0.15) is 25.8 Å². The van der Waals surface area contributed by atoms with Gasteiger partial charge in [-0.1, -0.05) is 53.9 Å². The van der Waals surface area contributed by atoms with E-state index in [-0.39, 0.29) is 5.31 Å². The monoisotopic (exact) mass is 222 g/mol. The number of benzene rings is 1. The summed E-state index contributed by atoms with van der Waals surface area (Å²) in [6.45, 7) is 4.15. The molecule has 2 radical (unpaired) electrons. The van der Waals surface area contributed by atoms with Crippen molar-refractivity contribution in [3.8, 4) is 0 Å². The molecule has 0 N–H and O–H groups in total. The van der Waals surface area contributed by atoms with Gasteiger partial charge in [0.2, 0.25) is 0 Å². The smallest absolute Gasteiger partial charge is 0.0653 e. The van der Waals surface area contributed by atoms with E-state index in [0.717, 1.165) is 10.9 Å². The van der Waals surface area contributed by atoms with Crippen LogP contribution in [0.3, 0.4) is 0 Å². The first-order valence-corrected chi connectivity index (χ1v) is 4.90. The highest BCUT2D eigenvalue weighted by Gasteiger charge is 2.16. The summed E-state index contributed by atoms with van der Waals surface area (Å²) < 4.78 is 1.10. The molecule has 1 atom stereocenters. The minimum Gasteiger partial charge on any atom is -0.0653 e. The molecule has 1 unspecified atom stereocenters. The second kappa shape index (κ2) is 3.65. The summed E-state index contributed by atoms with van der Waals surface area (Å²) in [4.78, 5) is 0. The topological polar surface area (TPSA) is 0 Å². The van der Waals surface area contributed by atoms with Gasteiger partial charge in [0, 0.05) is 4.47 Å². The quantitative estimate of drug-likeness (QED) is 0.675. The molecule has 0 spiro atoms. The number of hydrogen-bond donors (Lipinski definition) is 0. The third-order valence-electron chi connectivity index (χ3n) is 2.24. The Hall–Kier alpha value is -0.235. The molecule has 0 amide bonds. The Morgan fingerprint density at radius 3 is 2.25 bits per heavy atom. The van der Waals surface area contributed by atoms with Crippen LogP contribution in [-0.2, 0) is 5.31 Å². The van der Waals surface area contributed by atoms with E-state index in [4.69, 9.17) is 7.85 Å². The molecule has 1 aromatic carbocycles. The Kier molecular flexibility index (Phi) is 3.00. The molecular weight excluding hydrogens is 211 g/mol. The lowest BCUT2D eigenvalue weighted by Gasteiger charge is -2.23. The molecule has 1 rings (SSSR count). The highest BCUT2D eigenvalue weighted by molar-refractivity contribution is 9.10. The van der Waals surface area contributed by atoms with Crippen LogP contribution >= 0.6 is 15.9 Å². The molecule has 0 heterocycles.